The number of nitrogens with one attached hydrogen (secondary N) is 2. The van der Waals surface area contributed by atoms with Crippen molar-refractivity contribution in [2.75, 3.05) is 25.5 Å². The second kappa shape index (κ2) is 7.10. The normalized spacial score (nSPS) is 21.6. The van der Waals surface area contributed by atoms with Gasteiger partial charge in [-0.15, -0.1) is 0 Å². The van der Waals surface area contributed by atoms with Crippen molar-refractivity contribution in [1.82, 2.24) is 19.4 Å². The van der Waals surface area contributed by atoms with Gasteiger partial charge in [-0.3, -0.25) is 9.48 Å². The third-order valence-electron chi connectivity index (χ3n) is 5.41. The molecule has 2 aromatic rings. The first-order valence-electron chi connectivity index (χ1n) is 9.13. The summed E-state index contributed by atoms with van der Waals surface area (Å²) in [6.07, 6.45) is 2.58. The van der Waals surface area contributed by atoms with Gasteiger partial charge in [0, 0.05) is 32.4 Å². The Morgan fingerprint density at radius 3 is 2.64 bits per heavy atom. The first-order chi connectivity index (χ1) is 13.4. The molecule has 9 nitrogen and oxygen atoms in total. The van der Waals surface area contributed by atoms with E-state index in [4.69, 9.17) is 4.74 Å². The molecule has 2 aliphatic rings. The third kappa shape index (κ3) is 3.33. The van der Waals surface area contributed by atoms with Crippen molar-refractivity contribution in [2.45, 2.75) is 23.9 Å². The fourth-order valence-electron chi connectivity index (χ4n) is 3.81. The summed E-state index contributed by atoms with van der Waals surface area (Å²) in [5.41, 5.74) is 1.09. The zero-order valence-corrected chi connectivity index (χ0v) is 16.6. The van der Waals surface area contributed by atoms with E-state index in [2.05, 4.69) is 15.1 Å². The van der Waals surface area contributed by atoms with Crippen molar-refractivity contribution in [3.05, 3.63) is 36.2 Å². The van der Waals surface area contributed by atoms with Gasteiger partial charge < -0.3 is 15.0 Å². The van der Waals surface area contributed by atoms with Crippen molar-refractivity contribution in [1.29, 1.82) is 0 Å². The molecular formula is C18H23N5O4S. The van der Waals surface area contributed by atoms with E-state index in [1.165, 1.54) is 6.07 Å². The number of hydrogen-bond donors (Lipinski definition) is 2. The number of nitrogens with zero attached hydrogens (tertiary/aromatic N) is 3. The van der Waals surface area contributed by atoms with E-state index in [9.17, 15) is 13.2 Å². The lowest BCUT2D eigenvalue weighted by molar-refractivity contribution is 0.0668. The molecule has 10 heteroatoms. The van der Waals surface area contributed by atoms with Crippen LogP contribution in [0.1, 0.15) is 23.3 Å². The highest BCUT2D eigenvalue weighted by atomic mass is 32.2. The summed E-state index contributed by atoms with van der Waals surface area (Å²) in [4.78, 5) is 14.6. The number of benzene rings is 1. The van der Waals surface area contributed by atoms with E-state index in [0.717, 1.165) is 0 Å². The monoisotopic (exact) mass is 405 g/mol. The fraction of sp³-hybridized carbons (Fsp3) is 0.444. The number of sulfonamides is 1. The quantitative estimate of drug-likeness (QED) is 0.790. The molecule has 2 aliphatic heterocycles. The summed E-state index contributed by atoms with van der Waals surface area (Å²) in [6, 6.07) is 6.56. The molecule has 4 rings (SSSR count). The maximum absolute atomic E-state index is 12.6. The number of fused-ring (bicyclic) bond motifs is 1. The van der Waals surface area contributed by atoms with Crippen molar-refractivity contribution < 1.29 is 17.9 Å². The number of carbonyl (C=O) groups excluding carboxylic acids is 1. The number of hydrogen-bond acceptors (Lipinski definition) is 6. The second-order valence-electron chi connectivity index (χ2n) is 7.08. The van der Waals surface area contributed by atoms with Gasteiger partial charge in [0.15, 0.2) is 0 Å². The highest BCUT2D eigenvalue weighted by molar-refractivity contribution is 7.89. The first kappa shape index (κ1) is 18.8. The lowest BCUT2D eigenvalue weighted by atomic mass is 9.93. The summed E-state index contributed by atoms with van der Waals surface area (Å²) < 4.78 is 34.8. The minimum absolute atomic E-state index is 0.0503. The van der Waals surface area contributed by atoms with E-state index < -0.39 is 16.2 Å². The Morgan fingerprint density at radius 1 is 1.25 bits per heavy atom. The van der Waals surface area contributed by atoms with E-state index in [1.807, 2.05) is 0 Å². The number of ether oxygens (including phenoxy) is 1. The molecule has 0 spiro atoms. The van der Waals surface area contributed by atoms with Gasteiger partial charge >= 0.3 is 0 Å². The molecule has 0 bridgehead atoms. The SMILES string of the molecule is COc1ccc2c(c1)NC(C1CCN(C(=O)c3ccnn3C)CC1)NS2(=O)=O. The second-order valence-corrected chi connectivity index (χ2v) is 8.76. The van der Waals surface area contributed by atoms with Gasteiger partial charge in [-0.1, -0.05) is 0 Å². The van der Waals surface area contributed by atoms with Crippen molar-refractivity contribution >= 4 is 21.6 Å². The van der Waals surface area contributed by atoms with Crippen molar-refractivity contribution in [2.24, 2.45) is 13.0 Å². The van der Waals surface area contributed by atoms with Crippen LogP contribution < -0.4 is 14.8 Å². The number of piperidine rings is 1. The van der Waals surface area contributed by atoms with Gasteiger partial charge in [0.1, 0.15) is 16.3 Å². The predicted molar refractivity (Wildman–Crippen MR) is 103 cm³/mol. The van der Waals surface area contributed by atoms with Gasteiger partial charge in [0.05, 0.1) is 19.0 Å². The molecule has 1 aromatic carbocycles. The Labute approximate surface area is 163 Å². The van der Waals surface area contributed by atoms with Crippen LogP contribution in [0.15, 0.2) is 35.4 Å². The lowest BCUT2D eigenvalue weighted by Gasteiger charge is -2.38. The van der Waals surface area contributed by atoms with Gasteiger partial charge in [-0.25, -0.2) is 8.42 Å². The van der Waals surface area contributed by atoms with Gasteiger partial charge in [0.2, 0.25) is 10.0 Å². The summed E-state index contributed by atoms with van der Waals surface area (Å²) in [7, 11) is -0.309. The molecule has 0 aliphatic carbocycles. The zero-order chi connectivity index (χ0) is 19.9. The molecule has 150 valence electrons. The molecule has 3 heterocycles. The number of aromatic nitrogens is 2. The summed E-state index contributed by atoms with van der Waals surface area (Å²) in [5.74, 6) is 0.620. The molecule has 0 saturated carbocycles. The molecule has 1 unspecified atom stereocenters. The standard InChI is InChI=1S/C18H23N5O4S/c1-22-15(5-8-19-22)18(24)23-9-6-12(7-10-23)17-20-14-11-13(27-2)3-4-16(14)28(25,26)21-17/h3-5,8,11-12,17,20-21H,6-7,9-10H2,1-2H3. The number of rotatable bonds is 3. The number of likely N-dealkylation sites (tertiary alicyclic amines) is 1. The molecule has 2 N–H and O–H groups in total. The minimum atomic E-state index is -3.60. The number of carbonyl (C=O) groups is 1. The number of amides is 1. The van der Waals surface area contributed by atoms with Crippen molar-refractivity contribution in [3.8, 4) is 5.75 Å². The molecule has 1 atom stereocenters. The largest absolute Gasteiger partial charge is 0.497 e. The van der Waals surface area contributed by atoms with Gasteiger partial charge in [0.25, 0.3) is 5.91 Å². The number of anilines is 1. The van der Waals surface area contributed by atoms with E-state index in [1.54, 1.807) is 48.1 Å². The highest BCUT2D eigenvalue weighted by Crippen LogP contribution is 2.33. The Morgan fingerprint density at radius 2 is 2.00 bits per heavy atom. The molecular weight excluding hydrogens is 382 g/mol. The minimum Gasteiger partial charge on any atom is -0.497 e. The smallest absolute Gasteiger partial charge is 0.272 e. The third-order valence-corrected chi connectivity index (χ3v) is 6.91. The Bertz CT molecular complexity index is 995. The van der Waals surface area contributed by atoms with Crippen LogP contribution in [0.5, 0.6) is 5.75 Å². The molecule has 28 heavy (non-hydrogen) atoms. The molecule has 1 amide bonds. The Hall–Kier alpha value is -2.59. The topological polar surface area (TPSA) is 106 Å². The summed E-state index contributed by atoms with van der Waals surface area (Å²) in [6.45, 7) is 1.14. The first-order valence-corrected chi connectivity index (χ1v) is 10.6. The van der Waals surface area contributed by atoms with Crippen LogP contribution in [0.25, 0.3) is 0 Å². The van der Waals surface area contributed by atoms with E-state index >= 15 is 0 Å². The van der Waals surface area contributed by atoms with Gasteiger partial charge in [-0.2, -0.15) is 9.82 Å². The van der Waals surface area contributed by atoms with Crippen LogP contribution in [-0.4, -0.2) is 55.4 Å². The molecule has 0 radical (unpaired) electrons. The van der Waals surface area contributed by atoms with Crippen LogP contribution in [0.4, 0.5) is 5.69 Å². The van der Waals surface area contributed by atoms with Crippen LogP contribution in [-0.2, 0) is 17.1 Å². The fourth-order valence-corrected chi connectivity index (χ4v) is 5.17. The Kier molecular flexibility index (Phi) is 4.76. The molecule has 1 saturated heterocycles. The molecule has 1 aromatic heterocycles. The Balaban J connectivity index is 1.46. The van der Waals surface area contributed by atoms with E-state index in [0.29, 0.717) is 43.1 Å². The van der Waals surface area contributed by atoms with Crippen LogP contribution >= 0.6 is 0 Å². The zero-order valence-electron chi connectivity index (χ0n) is 15.8. The van der Waals surface area contributed by atoms with E-state index in [-0.39, 0.29) is 16.7 Å². The maximum Gasteiger partial charge on any atom is 0.272 e. The summed E-state index contributed by atoms with van der Waals surface area (Å²) >= 11 is 0. The van der Waals surface area contributed by atoms with Crippen LogP contribution in [0.2, 0.25) is 0 Å². The lowest BCUT2D eigenvalue weighted by Crippen LogP contribution is -2.52. The maximum atomic E-state index is 12.6. The van der Waals surface area contributed by atoms with Crippen LogP contribution in [0.3, 0.4) is 0 Å². The van der Waals surface area contributed by atoms with Gasteiger partial charge in [-0.05, 0) is 37.0 Å². The molecule has 1 fully saturated rings. The summed E-state index contributed by atoms with van der Waals surface area (Å²) in [5, 5.41) is 7.33. The van der Waals surface area contributed by atoms with Crippen LogP contribution in [0, 0.1) is 5.92 Å². The number of aryl methyl sites for hydroxylation is 1. The average molecular weight is 405 g/mol. The number of methoxy groups -OCH3 is 1. The van der Waals surface area contributed by atoms with Crippen molar-refractivity contribution in [3.63, 3.8) is 0 Å². The predicted octanol–water partition coefficient (Wildman–Crippen LogP) is 1.01. The average Bonchev–Trinajstić information content (AvgIpc) is 3.12. The highest BCUT2D eigenvalue weighted by Gasteiger charge is 2.36.